The van der Waals surface area contributed by atoms with E-state index in [1.54, 1.807) is 0 Å². The molecule has 0 heterocycles. The third kappa shape index (κ3) is 1.32. The van der Waals surface area contributed by atoms with Crippen molar-refractivity contribution in [1.29, 1.82) is 0 Å². The van der Waals surface area contributed by atoms with Crippen molar-refractivity contribution in [2.75, 3.05) is 0 Å². The van der Waals surface area contributed by atoms with E-state index in [-0.39, 0.29) is 10.8 Å². The zero-order valence-corrected chi connectivity index (χ0v) is 6.18. The van der Waals surface area contributed by atoms with Crippen molar-refractivity contribution in [3.8, 4) is 0 Å². The second-order valence-electron chi connectivity index (χ2n) is 2.25. The highest BCUT2D eigenvalue weighted by atomic mass is 35.5. The summed E-state index contributed by atoms with van der Waals surface area (Å²) in [6.45, 7) is 0. The van der Waals surface area contributed by atoms with Gasteiger partial charge in [-0.2, -0.15) is 0 Å². The molecule has 54 valence electrons. The van der Waals surface area contributed by atoms with E-state index in [1.165, 1.54) is 0 Å². The van der Waals surface area contributed by atoms with Crippen molar-refractivity contribution < 1.29 is 10.2 Å². The van der Waals surface area contributed by atoms with Crippen LogP contribution in [-0.4, -0.2) is 33.2 Å². The Hall–Kier alpha value is 0.500. The van der Waals surface area contributed by atoms with Crippen LogP contribution in [0.15, 0.2) is 0 Å². The third-order valence-corrected chi connectivity index (χ3v) is 2.41. The van der Waals surface area contributed by atoms with Gasteiger partial charge in [-0.3, -0.25) is 0 Å². The predicted molar refractivity (Wildman–Crippen MR) is 35.9 cm³/mol. The first-order valence-electron chi connectivity index (χ1n) is 2.77. The lowest BCUT2D eigenvalue weighted by Gasteiger charge is -2.09. The lowest BCUT2D eigenvalue weighted by molar-refractivity contribution is 0.0471. The molecule has 1 saturated carbocycles. The van der Waals surface area contributed by atoms with Gasteiger partial charge in [-0.25, -0.2) is 0 Å². The number of alkyl halides is 2. The van der Waals surface area contributed by atoms with Crippen molar-refractivity contribution in [2.45, 2.75) is 29.4 Å². The van der Waals surface area contributed by atoms with Crippen LogP contribution >= 0.6 is 23.2 Å². The standard InChI is InChI=1S/C5H8Cl2O2/c6-2-1-3(7)5(9)4(2)8/h2-5,8-9H,1H2/t2-,3+,4-,5-/m1/s1. The molecule has 1 rings (SSSR count). The highest BCUT2D eigenvalue weighted by Gasteiger charge is 2.39. The topological polar surface area (TPSA) is 40.5 Å². The zero-order valence-electron chi connectivity index (χ0n) is 4.67. The van der Waals surface area contributed by atoms with Gasteiger partial charge in [0.2, 0.25) is 0 Å². The summed E-state index contributed by atoms with van der Waals surface area (Å²) in [6, 6.07) is 0. The molecule has 0 aromatic rings. The molecule has 0 saturated heterocycles. The molecule has 0 spiro atoms. The van der Waals surface area contributed by atoms with Crippen molar-refractivity contribution in [1.82, 2.24) is 0 Å². The first-order chi connectivity index (χ1) is 4.13. The molecule has 0 amide bonds. The summed E-state index contributed by atoms with van der Waals surface area (Å²) < 4.78 is 0. The number of rotatable bonds is 0. The van der Waals surface area contributed by atoms with Crippen molar-refractivity contribution in [3.05, 3.63) is 0 Å². The van der Waals surface area contributed by atoms with Crippen LogP contribution in [0.3, 0.4) is 0 Å². The van der Waals surface area contributed by atoms with Gasteiger partial charge in [-0.1, -0.05) is 0 Å². The van der Waals surface area contributed by atoms with Gasteiger partial charge in [0.25, 0.3) is 0 Å². The van der Waals surface area contributed by atoms with Crippen LogP contribution in [0.2, 0.25) is 0 Å². The summed E-state index contributed by atoms with van der Waals surface area (Å²) in [7, 11) is 0. The Balaban J connectivity index is 2.54. The van der Waals surface area contributed by atoms with Gasteiger partial charge < -0.3 is 10.2 Å². The smallest absolute Gasteiger partial charge is 0.0977 e. The molecule has 9 heavy (non-hydrogen) atoms. The molecular weight excluding hydrogens is 163 g/mol. The van der Waals surface area contributed by atoms with Gasteiger partial charge in [0, 0.05) is 0 Å². The second kappa shape index (κ2) is 2.62. The number of hydrogen-bond acceptors (Lipinski definition) is 2. The van der Waals surface area contributed by atoms with E-state index in [0.29, 0.717) is 6.42 Å². The van der Waals surface area contributed by atoms with Gasteiger partial charge >= 0.3 is 0 Å². The fraction of sp³-hybridized carbons (Fsp3) is 1.00. The van der Waals surface area contributed by atoms with Crippen LogP contribution in [0.4, 0.5) is 0 Å². The van der Waals surface area contributed by atoms with E-state index in [2.05, 4.69) is 0 Å². The minimum absolute atomic E-state index is 0.387. The number of aliphatic hydroxyl groups excluding tert-OH is 2. The fourth-order valence-electron chi connectivity index (χ4n) is 0.922. The van der Waals surface area contributed by atoms with E-state index in [0.717, 1.165) is 0 Å². The molecule has 0 radical (unpaired) electrons. The average molecular weight is 171 g/mol. The number of halogens is 2. The first-order valence-corrected chi connectivity index (χ1v) is 3.64. The fourth-order valence-corrected chi connectivity index (χ4v) is 1.70. The second-order valence-corrected chi connectivity index (χ2v) is 3.37. The SMILES string of the molecule is O[C@H]1[C@H](O)[C@@H](Cl)C[C@H]1Cl. The molecule has 2 nitrogen and oxygen atoms in total. The quantitative estimate of drug-likeness (QED) is 0.515. The Labute approximate surface area is 63.4 Å². The molecular formula is C5H8Cl2O2. The monoisotopic (exact) mass is 170 g/mol. The molecule has 1 fully saturated rings. The minimum Gasteiger partial charge on any atom is -0.389 e. The zero-order chi connectivity index (χ0) is 7.02. The minimum atomic E-state index is -0.853. The largest absolute Gasteiger partial charge is 0.389 e. The molecule has 0 aromatic carbocycles. The van der Waals surface area contributed by atoms with Crippen molar-refractivity contribution in [2.24, 2.45) is 0 Å². The molecule has 4 heteroatoms. The third-order valence-electron chi connectivity index (χ3n) is 1.54. The van der Waals surface area contributed by atoms with Crippen LogP contribution in [0.1, 0.15) is 6.42 Å². The highest BCUT2D eigenvalue weighted by molar-refractivity contribution is 6.25. The van der Waals surface area contributed by atoms with Gasteiger partial charge in [-0.05, 0) is 6.42 Å². The Bertz CT molecular complexity index is 97.1. The van der Waals surface area contributed by atoms with Gasteiger partial charge in [-0.15, -0.1) is 23.2 Å². The Morgan fingerprint density at radius 2 is 1.33 bits per heavy atom. The average Bonchev–Trinajstić information content (AvgIpc) is 1.98. The number of aliphatic hydroxyl groups is 2. The van der Waals surface area contributed by atoms with E-state index >= 15 is 0 Å². The summed E-state index contributed by atoms with van der Waals surface area (Å²) in [5.74, 6) is 0. The predicted octanol–water partition coefficient (Wildman–Crippen LogP) is 0.327. The van der Waals surface area contributed by atoms with Crippen molar-refractivity contribution in [3.63, 3.8) is 0 Å². The Morgan fingerprint density at radius 3 is 1.44 bits per heavy atom. The maximum absolute atomic E-state index is 8.97. The van der Waals surface area contributed by atoms with Crippen LogP contribution in [-0.2, 0) is 0 Å². The summed E-state index contributed by atoms with van der Waals surface area (Å²) in [5, 5.41) is 17.2. The van der Waals surface area contributed by atoms with Gasteiger partial charge in [0.1, 0.15) is 0 Å². The van der Waals surface area contributed by atoms with Crippen LogP contribution in [0, 0.1) is 0 Å². The lowest BCUT2D eigenvalue weighted by Crippen LogP contribution is -2.28. The van der Waals surface area contributed by atoms with Crippen LogP contribution in [0.25, 0.3) is 0 Å². The maximum atomic E-state index is 8.97. The van der Waals surface area contributed by atoms with E-state index < -0.39 is 12.2 Å². The molecule has 0 unspecified atom stereocenters. The first kappa shape index (κ1) is 7.61. The van der Waals surface area contributed by atoms with Crippen molar-refractivity contribution >= 4 is 23.2 Å². The Morgan fingerprint density at radius 1 is 1.00 bits per heavy atom. The van der Waals surface area contributed by atoms with Crippen LogP contribution < -0.4 is 0 Å². The summed E-state index contributed by atoms with van der Waals surface area (Å²) >= 11 is 11.1. The molecule has 0 bridgehead atoms. The molecule has 1 aliphatic carbocycles. The van der Waals surface area contributed by atoms with Gasteiger partial charge in [0.05, 0.1) is 23.0 Å². The normalized spacial score (nSPS) is 52.0. The molecule has 0 aromatic heterocycles. The van der Waals surface area contributed by atoms with Gasteiger partial charge in [0.15, 0.2) is 0 Å². The molecule has 1 aliphatic rings. The maximum Gasteiger partial charge on any atom is 0.0977 e. The van der Waals surface area contributed by atoms with E-state index in [9.17, 15) is 0 Å². The van der Waals surface area contributed by atoms with Crippen LogP contribution in [0.5, 0.6) is 0 Å². The summed E-state index contributed by atoms with van der Waals surface area (Å²) in [5.41, 5.74) is 0. The van der Waals surface area contributed by atoms with E-state index in [4.69, 9.17) is 33.4 Å². The summed E-state index contributed by atoms with van der Waals surface area (Å²) in [4.78, 5) is 0. The molecule has 4 atom stereocenters. The summed E-state index contributed by atoms with van der Waals surface area (Å²) in [6.07, 6.45) is -1.23. The lowest BCUT2D eigenvalue weighted by atomic mass is 10.3. The van der Waals surface area contributed by atoms with E-state index in [1.807, 2.05) is 0 Å². The Kier molecular flexibility index (Phi) is 2.22. The number of hydrogen-bond donors (Lipinski definition) is 2. The highest BCUT2D eigenvalue weighted by Crippen LogP contribution is 2.28. The molecule has 0 aliphatic heterocycles. The molecule has 2 N–H and O–H groups in total.